The van der Waals surface area contributed by atoms with Crippen LogP contribution >= 0.6 is 0 Å². The molecule has 0 aliphatic heterocycles. The van der Waals surface area contributed by atoms with E-state index in [-0.39, 0.29) is 0 Å². The first kappa shape index (κ1) is 10.0. The summed E-state index contributed by atoms with van der Waals surface area (Å²) in [6, 6.07) is 0. The second-order valence-corrected chi connectivity index (χ2v) is 3.13. The van der Waals surface area contributed by atoms with E-state index in [1.807, 2.05) is 13.0 Å². The second-order valence-electron chi connectivity index (χ2n) is 3.13. The zero-order valence-electron chi connectivity index (χ0n) is 8.42. The normalized spacial score (nSPS) is 17.8. The van der Waals surface area contributed by atoms with E-state index in [0.29, 0.717) is 6.10 Å². The third-order valence-corrected chi connectivity index (χ3v) is 1.78. The van der Waals surface area contributed by atoms with Gasteiger partial charge in [0.1, 0.15) is 5.76 Å². The summed E-state index contributed by atoms with van der Waals surface area (Å²) in [5.41, 5.74) is 0.733. The van der Waals surface area contributed by atoms with Crippen LogP contribution in [0.4, 0.5) is 0 Å². The topological polar surface area (TPSA) is 21.6 Å². The van der Waals surface area contributed by atoms with E-state index >= 15 is 0 Å². The van der Waals surface area contributed by atoms with Gasteiger partial charge in [0.05, 0.1) is 11.8 Å². The molecule has 1 fully saturated rings. The average molecular weight is 179 g/mol. The molecule has 1 aliphatic rings. The van der Waals surface area contributed by atoms with Crippen molar-refractivity contribution in [3.05, 3.63) is 24.1 Å². The number of allylic oxidation sites excluding steroid dienone is 1. The molecule has 13 heavy (non-hydrogen) atoms. The highest BCUT2D eigenvalue weighted by Gasteiger charge is 2.24. The second kappa shape index (κ2) is 4.85. The lowest BCUT2D eigenvalue weighted by molar-refractivity contribution is 0.203. The first-order valence-corrected chi connectivity index (χ1v) is 4.82. The molecule has 2 nitrogen and oxygen atoms in total. The van der Waals surface area contributed by atoms with Crippen molar-refractivity contribution in [2.75, 3.05) is 0 Å². The van der Waals surface area contributed by atoms with Crippen LogP contribution in [-0.2, 0) is 4.74 Å². The zero-order valence-corrected chi connectivity index (χ0v) is 8.42. The molecular formula is C11H17NO. The van der Waals surface area contributed by atoms with Gasteiger partial charge in [0.2, 0.25) is 0 Å². The highest BCUT2D eigenvalue weighted by Crippen LogP contribution is 2.28. The maximum Gasteiger partial charge on any atom is 0.140 e. The molecule has 1 saturated carbocycles. The molecule has 1 rings (SSSR count). The van der Waals surface area contributed by atoms with E-state index in [2.05, 4.69) is 18.5 Å². The third-order valence-electron chi connectivity index (χ3n) is 1.78. The van der Waals surface area contributed by atoms with Gasteiger partial charge in [-0.3, -0.25) is 4.99 Å². The number of rotatable bonds is 5. The molecule has 0 aromatic carbocycles. The average Bonchev–Trinajstić information content (AvgIpc) is 2.88. The maximum atomic E-state index is 5.66. The fourth-order valence-corrected chi connectivity index (χ4v) is 1.00. The summed E-state index contributed by atoms with van der Waals surface area (Å²) >= 11 is 0. The van der Waals surface area contributed by atoms with E-state index in [9.17, 15) is 0 Å². The van der Waals surface area contributed by atoms with Gasteiger partial charge in [-0.1, -0.05) is 13.5 Å². The summed E-state index contributed by atoms with van der Waals surface area (Å²) < 4.78 is 5.66. The van der Waals surface area contributed by atoms with Gasteiger partial charge < -0.3 is 4.74 Å². The van der Waals surface area contributed by atoms with E-state index in [1.165, 1.54) is 12.8 Å². The SMILES string of the molecule is C=C(N=CC)/C(=C\CC)OC1CC1. The highest BCUT2D eigenvalue weighted by molar-refractivity contribution is 5.56. The van der Waals surface area contributed by atoms with Crippen molar-refractivity contribution < 1.29 is 4.74 Å². The van der Waals surface area contributed by atoms with Crippen molar-refractivity contribution >= 4 is 6.21 Å². The molecule has 0 heterocycles. The Morgan fingerprint density at radius 2 is 2.31 bits per heavy atom. The molecule has 0 atom stereocenters. The van der Waals surface area contributed by atoms with E-state index in [1.54, 1.807) is 6.21 Å². The fourth-order valence-electron chi connectivity index (χ4n) is 1.00. The van der Waals surface area contributed by atoms with Crippen LogP contribution in [-0.4, -0.2) is 12.3 Å². The molecule has 72 valence electrons. The molecule has 0 unspecified atom stereocenters. The predicted octanol–water partition coefficient (Wildman–Crippen LogP) is 3.06. The van der Waals surface area contributed by atoms with Crippen LogP contribution < -0.4 is 0 Å². The van der Waals surface area contributed by atoms with Gasteiger partial charge in [-0.2, -0.15) is 0 Å². The molecule has 0 aromatic heterocycles. The van der Waals surface area contributed by atoms with E-state index in [4.69, 9.17) is 4.74 Å². The predicted molar refractivity (Wildman–Crippen MR) is 55.8 cm³/mol. The Labute approximate surface area is 80.0 Å². The minimum atomic E-state index is 0.418. The Hall–Kier alpha value is -1.05. The number of ether oxygens (including phenoxy) is 1. The van der Waals surface area contributed by atoms with Crippen LogP contribution in [0.5, 0.6) is 0 Å². The summed E-state index contributed by atoms with van der Waals surface area (Å²) in [5, 5.41) is 0. The lowest BCUT2D eigenvalue weighted by atomic mass is 10.3. The van der Waals surface area contributed by atoms with Crippen LogP contribution in [0.15, 0.2) is 29.1 Å². The van der Waals surface area contributed by atoms with Gasteiger partial charge in [-0.25, -0.2) is 0 Å². The molecule has 0 N–H and O–H groups in total. The monoisotopic (exact) mass is 179 g/mol. The molecule has 0 amide bonds. The number of hydrogen-bond donors (Lipinski definition) is 0. The van der Waals surface area contributed by atoms with Crippen molar-refractivity contribution in [2.45, 2.75) is 39.2 Å². The summed E-state index contributed by atoms with van der Waals surface area (Å²) in [6.45, 7) is 7.82. The van der Waals surface area contributed by atoms with Crippen molar-refractivity contribution in [1.82, 2.24) is 0 Å². The van der Waals surface area contributed by atoms with Gasteiger partial charge in [0, 0.05) is 6.21 Å². The molecule has 0 radical (unpaired) electrons. The van der Waals surface area contributed by atoms with Crippen LogP contribution in [0, 0.1) is 0 Å². The Morgan fingerprint density at radius 3 is 2.77 bits per heavy atom. The summed E-state index contributed by atoms with van der Waals surface area (Å²) in [4.78, 5) is 4.11. The van der Waals surface area contributed by atoms with Crippen molar-refractivity contribution in [3.8, 4) is 0 Å². The minimum absolute atomic E-state index is 0.418. The number of nitrogens with zero attached hydrogens (tertiary/aromatic N) is 1. The summed E-state index contributed by atoms with van der Waals surface area (Å²) in [7, 11) is 0. The van der Waals surface area contributed by atoms with Crippen molar-refractivity contribution in [1.29, 1.82) is 0 Å². The molecular weight excluding hydrogens is 162 g/mol. The van der Waals surface area contributed by atoms with Crippen molar-refractivity contribution in [2.24, 2.45) is 4.99 Å². The van der Waals surface area contributed by atoms with E-state index < -0.39 is 0 Å². The maximum absolute atomic E-state index is 5.66. The van der Waals surface area contributed by atoms with Gasteiger partial charge in [-0.15, -0.1) is 0 Å². The minimum Gasteiger partial charge on any atom is -0.489 e. The standard InChI is InChI=1S/C11H17NO/c1-4-6-11(9(3)12-5-2)13-10-7-8-10/h5-6,10H,3-4,7-8H2,1-2H3/b11-6+,12-5?. The fraction of sp³-hybridized carbons (Fsp3) is 0.545. The van der Waals surface area contributed by atoms with Gasteiger partial charge >= 0.3 is 0 Å². The molecule has 0 aromatic rings. The summed E-state index contributed by atoms with van der Waals surface area (Å²) in [6.07, 6.45) is 7.49. The van der Waals surface area contributed by atoms with Crippen LogP contribution in [0.3, 0.4) is 0 Å². The first-order chi connectivity index (χ1) is 6.27. The lowest BCUT2D eigenvalue weighted by Crippen LogP contribution is -1.96. The first-order valence-electron chi connectivity index (χ1n) is 4.82. The molecule has 0 bridgehead atoms. The van der Waals surface area contributed by atoms with Crippen LogP contribution in [0.25, 0.3) is 0 Å². The summed E-state index contributed by atoms with van der Waals surface area (Å²) in [5.74, 6) is 0.850. The van der Waals surface area contributed by atoms with E-state index in [0.717, 1.165) is 17.9 Å². The highest BCUT2D eigenvalue weighted by atomic mass is 16.5. The quantitative estimate of drug-likeness (QED) is 0.361. The largest absolute Gasteiger partial charge is 0.489 e. The van der Waals surface area contributed by atoms with Gasteiger partial charge in [0.15, 0.2) is 0 Å². The molecule has 1 aliphatic carbocycles. The van der Waals surface area contributed by atoms with Gasteiger partial charge in [-0.05, 0) is 32.3 Å². The van der Waals surface area contributed by atoms with Crippen LogP contribution in [0.1, 0.15) is 33.1 Å². The molecule has 0 saturated heterocycles. The number of aliphatic imine (C=N–C) groups is 1. The molecule has 0 spiro atoms. The Balaban J connectivity index is 2.54. The Kier molecular flexibility index (Phi) is 3.74. The van der Waals surface area contributed by atoms with Crippen LogP contribution in [0.2, 0.25) is 0 Å². The zero-order chi connectivity index (χ0) is 9.68. The smallest absolute Gasteiger partial charge is 0.140 e. The lowest BCUT2D eigenvalue weighted by Gasteiger charge is -2.08. The van der Waals surface area contributed by atoms with Crippen molar-refractivity contribution in [3.63, 3.8) is 0 Å². The number of hydrogen-bond acceptors (Lipinski definition) is 2. The molecule has 2 heteroatoms. The Bertz CT molecular complexity index is 236. The Morgan fingerprint density at radius 1 is 1.62 bits per heavy atom. The van der Waals surface area contributed by atoms with Gasteiger partial charge in [0.25, 0.3) is 0 Å². The third kappa shape index (κ3) is 3.45.